The van der Waals surface area contributed by atoms with Crippen LogP contribution >= 0.6 is 23.2 Å². The number of carbonyl (C=O) groups is 2. The maximum Gasteiger partial charge on any atom is 0.267 e. The summed E-state index contributed by atoms with van der Waals surface area (Å²) in [6.45, 7) is 4.52. The van der Waals surface area contributed by atoms with Crippen LogP contribution in [0.2, 0.25) is 10.0 Å². The van der Waals surface area contributed by atoms with Gasteiger partial charge in [-0.3, -0.25) is 20.4 Å². The van der Waals surface area contributed by atoms with Gasteiger partial charge >= 0.3 is 0 Å². The second-order valence-electron chi connectivity index (χ2n) is 5.43. The lowest BCUT2D eigenvalue weighted by atomic mass is 10.3. The Labute approximate surface area is 158 Å². The normalized spacial score (nSPS) is 11.7. The van der Waals surface area contributed by atoms with E-state index in [1.54, 1.807) is 25.1 Å². The summed E-state index contributed by atoms with van der Waals surface area (Å²) in [5, 5.41) is 0.946. The molecule has 0 aromatic heterocycles. The van der Waals surface area contributed by atoms with Crippen molar-refractivity contribution in [2.75, 3.05) is 13.2 Å². The maximum absolute atomic E-state index is 11.7. The molecule has 8 heteroatoms. The zero-order valence-electron chi connectivity index (χ0n) is 14.4. The molecule has 0 saturated carbocycles. The molecule has 0 aliphatic heterocycles. The summed E-state index contributed by atoms with van der Waals surface area (Å²) in [7, 11) is 0. The highest BCUT2D eigenvalue weighted by Crippen LogP contribution is 2.27. The summed E-state index contributed by atoms with van der Waals surface area (Å²) in [5.74, 6) is -0.175. The molecular formula is C17H24Cl2N2O4. The van der Waals surface area contributed by atoms with Gasteiger partial charge in [0, 0.05) is 18.1 Å². The van der Waals surface area contributed by atoms with Crippen molar-refractivity contribution in [1.82, 2.24) is 10.9 Å². The molecule has 6 nitrogen and oxygen atoms in total. The number of hydrazine groups is 1. The van der Waals surface area contributed by atoms with E-state index in [0.29, 0.717) is 35.4 Å². The molecule has 2 N–H and O–H groups in total. The molecule has 0 fully saturated rings. The number of hydrogen-bond acceptors (Lipinski definition) is 4. The van der Waals surface area contributed by atoms with E-state index in [4.69, 9.17) is 32.7 Å². The van der Waals surface area contributed by atoms with Crippen LogP contribution in [0.5, 0.6) is 5.75 Å². The van der Waals surface area contributed by atoms with Crippen molar-refractivity contribution < 1.29 is 19.1 Å². The van der Waals surface area contributed by atoms with Gasteiger partial charge in [-0.2, -0.15) is 0 Å². The van der Waals surface area contributed by atoms with Crippen LogP contribution in [-0.2, 0) is 14.3 Å². The van der Waals surface area contributed by atoms with E-state index in [1.165, 1.54) is 0 Å². The van der Waals surface area contributed by atoms with Crippen molar-refractivity contribution in [2.45, 2.75) is 45.6 Å². The highest BCUT2D eigenvalue weighted by molar-refractivity contribution is 6.35. The van der Waals surface area contributed by atoms with E-state index < -0.39 is 6.10 Å². The number of unbranched alkanes of at least 4 members (excludes halogenated alkanes) is 1. The van der Waals surface area contributed by atoms with E-state index in [9.17, 15) is 9.59 Å². The summed E-state index contributed by atoms with van der Waals surface area (Å²) >= 11 is 11.8. The fourth-order valence-electron chi connectivity index (χ4n) is 1.78. The third kappa shape index (κ3) is 8.95. The summed E-state index contributed by atoms with van der Waals surface area (Å²) in [5.41, 5.74) is 4.70. The fraction of sp³-hybridized carbons (Fsp3) is 0.529. The highest BCUT2D eigenvalue weighted by Gasteiger charge is 2.13. The van der Waals surface area contributed by atoms with Gasteiger partial charge in [-0.05, 0) is 38.0 Å². The molecule has 0 saturated heterocycles. The van der Waals surface area contributed by atoms with E-state index in [-0.39, 0.29) is 18.2 Å². The zero-order chi connectivity index (χ0) is 18.7. The van der Waals surface area contributed by atoms with Gasteiger partial charge in [-0.15, -0.1) is 0 Å². The monoisotopic (exact) mass is 390 g/mol. The number of ether oxygens (including phenoxy) is 2. The van der Waals surface area contributed by atoms with E-state index in [0.717, 1.165) is 12.8 Å². The molecule has 0 aliphatic carbocycles. The Bertz CT molecular complexity index is 570. The molecule has 1 rings (SSSR count). The number of amides is 2. The second-order valence-corrected chi connectivity index (χ2v) is 6.27. The molecule has 1 unspecified atom stereocenters. The van der Waals surface area contributed by atoms with Crippen LogP contribution in [0.3, 0.4) is 0 Å². The van der Waals surface area contributed by atoms with Gasteiger partial charge in [0.2, 0.25) is 5.91 Å². The molecule has 25 heavy (non-hydrogen) atoms. The minimum atomic E-state index is -0.609. The Kier molecular flexibility index (Phi) is 10.3. The van der Waals surface area contributed by atoms with Crippen LogP contribution in [0.15, 0.2) is 18.2 Å². The molecule has 0 bridgehead atoms. The predicted octanol–water partition coefficient (Wildman–Crippen LogP) is 3.51. The quantitative estimate of drug-likeness (QED) is 0.473. The average Bonchev–Trinajstić information content (AvgIpc) is 2.58. The molecule has 1 aromatic rings. The molecule has 0 spiro atoms. The van der Waals surface area contributed by atoms with Gasteiger partial charge in [-0.1, -0.05) is 36.5 Å². The number of hydrogen-bond donors (Lipinski definition) is 2. The summed E-state index contributed by atoms with van der Waals surface area (Å²) in [6.07, 6.45) is 1.96. The standard InChI is InChI=1S/C17H24Cl2N2O4/c1-3-4-9-24-12(2)17(23)21-20-16(22)6-5-10-25-15-8-7-13(18)11-14(15)19/h7-8,11-12H,3-6,9-10H2,1-2H3,(H,20,22)(H,21,23). The van der Waals surface area contributed by atoms with Gasteiger partial charge in [0.15, 0.2) is 0 Å². The lowest BCUT2D eigenvalue weighted by Crippen LogP contribution is -2.46. The SMILES string of the molecule is CCCCOC(C)C(=O)NNC(=O)CCCOc1ccc(Cl)cc1Cl. The minimum absolute atomic E-state index is 0.205. The lowest BCUT2D eigenvalue weighted by Gasteiger charge is -2.13. The summed E-state index contributed by atoms with van der Waals surface area (Å²) in [4.78, 5) is 23.4. The number of benzene rings is 1. The Balaban J connectivity index is 2.17. The third-order valence-corrected chi connectivity index (χ3v) is 3.79. The molecule has 1 aromatic carbocycles. The van der Waals surface area contributed by atoms with Gasteiger partial charge in [0.05, 0.1) is 11.6 Å². The molecule has 0 radical (unpaired) electrons. The van der Waals surface area contributed by atoms with Crippen LogP contribution in [0.1, 0.15) is 39.5 Å². The van der Waals surface area contributed by atoms with Gasteiger partial charge in [-0.25, -0.2) is 0 Å². The van der Waals surface area contributed by atoms with Crippen molar-refractivity contribution in [3.63, 3.8) is 0 Å². The summed E-state index contributed by atoms with van der Waals surface area (Å²) in [6, 6.07) is 4.93. The Morgan fingerprint density at radius 1 is 1.16 bits per heavy atom. The lowest BCUT2D eigenvalue weighted by molar-refractivity contribution is -0.136. The topological polar surface area (TPSA) is 76.7 Å². The largest absolute Gasteiger partial charge is 0.492 e. The van der Waals surface area contributed by atoms with Crippen molar-refractivity contribution in [3.8, 4) is 5.75 Å². The van der Waals surface area contributed by atoms with Gasteiger partial charge < -0.3 is 9.47 Å². The predicted molar refractivity (Wildman–Crippen MR) is 97.8 cm³/mol. The van der Waals surface area contributed by atoms with E-state index in [1.807, 2.05) is 6.92 Å². The number of rotatable bonds is 10. The smallest absolute Gasteiger partial charge is 0.267 e. The first kappa shape index (κ1) is 21.5. The van der Waals surface area contributed by atoms with Gasteiger partial charge in [0.25, 0.3) is 5.91 Å². The van der Waals surface area contributed by atoms with Crippen LogP contribution < -0.4 is 15.6 Å². The number of carbonyl (C=O) groups excluding carboxylic acids is 2. The average molecular weight is 391 g/mol. The molecular weight excluding hydrogens is 367 g/mol. The van der Waals surface area contributed by atoms with Crippen LogP contribution in [-0.4, -0.2) is 31.1 Å². The van der Waals surface area contributed by atoms with E-state index >= 15 is 0 Å². The van der Waals surface area contributed by atoms with Gasteiger partial charge in [0.1, 0.15) is 11.9 Å². The first-order chi connectivity index (χ1) is 11.9. The second kappa shape index (κ2) is 12.0. The van der Waals surface area contributed by atoms with Crippen LogP contribution in [0.4, 0.5) is 0 Å². The molecule has 1 atom stereocenters. The highest BCUT2D eigenvalue weighted by atomic mass is 35.5. The van der Waals surface area contributed by atoms with Crippen LogP contribution in [0.25, 0.3) is 0 Å². The molecule has 2 amide bonds. The number of nitrogens with one attached hydrogen (secondary N) is 2. The van der Waals surface area contributed by atoms with Crippen molar-refractivity contribution in [1.29, 1.82) is 0 Å². The molecule has 140 valence electrons. The molecule has 0 aliphatic rings. The van der Waals surface area contributed by atoms with Crippen molar-refractivity contribution in [2.24, 2.45) is 0 Å². The first-order valence-corrected chi connectivity index (χ1v) is 8.97. The number of halogens is 2. The Morgan fingerprint density at radius 2 is 1.92 bits per heavy atom. The van der Waals surface area contributed by atoms with Crippen molar-refractivity contribution in [3.05, 3.63) is 28.2 Å². The summed E-state index contributed by atoms with van der Waals surface area (Å²) < 4.78 is 10.8. The zero-order valence-corrected chi connectivity index (χ0v) is 16.0. The fourth-order valence-corrected chi connectivity index (χ4v) is 2.25. The third-order valence-electron chi connectivity index (χ3n) is 3.26. The van der Waals surface area contributed by atoms with Crippen molar-refractivity contribution >= 4 is 35.0 Å². The van der Waals surface area contributed by atoms with Crippen LogP contribution in [0, 0.1) is 0 Å². The Morgan fingerprint density at radius 3 is 2.60 bits per heavy atom. The molecule has 0 heterocycles. The van der Waals surface area contributed by atoms with E-state index in [2.05, 4.69) is 10.9 Å². The minimum Gasteiger partial charge on any atom is -0.492 e. The maximum atomic E-state index is 11.7. The first-order valence-electron chi connectivity index (χ1n) is 8.22. The Hall–Kier alpha value is -1.50.